The molecule has 2 aromatic rings. The van der Waals surface area contributed by atoms with Crippen LogP contribution in [0.5, 0.6) is 0 Å². The van der Waals surface area contributed by atoms with Gasteiger partial charge in [0.15, 0.2) is 11.9 Å². The standard InChI is InChI=1S/C18H24N/c1-13(2)17-12-19(5)18(14(3)4)11-16(17)15-9-7-6-8-10-15/h6-14H,1-5H3/q+1. The molecule has 0 saturated carbocycles. The summed E-state index contributed by atoms with van der Waals surface area (Å²) < 4.78 is 2.27. The highest BCUT2D eigenvalue weighted by molar-refractivity contribution is 5.67. The maximum absolute atomic E-state index is 2.36. The molecular formula is C18H24N+. The molecule has 19 heavy (non-hydrogen) atoms. The molecule has 100 valence electrons. The van der Waals surface area contributed by atoms with Crippen molar-refractivity contribution in [2.75, 3.05) is 0 Å². The van der Waals surface area contributed by atoms with Gasteiger partial charge in [-0.15, -0.1) is 0 Å². The van der Waals surface area contributed by atoms with Crippen molar-refractivity contribution >= 4 is 0 Å². The summed E-state index contributed by atoms with van der Waals surface area (Å²) in [5.41, 5.74) is 5.48. The Labute approximate surface area is 116 Å². The lowest BCUT2D eigenvalue weighted by Gasteiger charge is -2.14. The van der Waals surface area contributed by atoms with Crippen molar-refractivity contribution in [2.24, 2.45) is 7.05 Å². The maximum atomic E-state index is 2.36. The quantitative estimate of drug-likeness (QED) is 0.714. The number of hydrogen-bond acceptors (Lipinski definition) is 0. The molecule has 0 spiro atoms. The van der Waals surface area contributed by atoms with Crippen molar-refractivity contribution in [1.29, 1.82) is 0 Å². The Morgan fingerprint density at radius 1 is 0.895 bits per heavy atom. The Kier molecular flexibility index (Phi) is 4.04. The Balaban J connectivity index is 2.66. The van der Waals surface area contributed by atoms with Gasteiger partial charge in [0.05, 0.1) is 0 Å². The van der Waals surface area contributed by atoms with E-state index in [0.29, 0.717) is 11.8 Å². The molecule has 1 nitrogen and oxygen atoms in total. The molecule has 0 unspecified atom stereocenters. The molecule has 1 aromatic heterocycles. The minimum absolute atomic E-state index is 0.530. The minimum atomic E-state index is 0.530. The zero-order chi connectivity index (χ0) is 14.0. The number of hydrogen-bond donors (Lipinski definition) is 0. The van der Waals surface area contributed by atoms with Gasteiger partial charge in [0.1, 0.15) is 7.05 Å². The zero-order valence-corrected chi connectivity index (χ0v) is 12.6. The van der Waals surface area contributed by atoms with Gasteiger partial charge in [-0.3, -0.25) is 0 Å². The topological polar surface area (TPSA) is 3.88 Å². The average molecular weight is 254 g/mol. The lowest BCUT2D eigenvalue weighted by atomic mass is 9.92. The van der Waals surface area contributed by atoms with Crippen LogP contribution >= 0.6 is 0 Å². The van der Waals surface area contributed by atoms with Gasteiger partial charge in [0.2, 0.25) is 0 Å². The highest BCUT2D eigenvalue weighted by atomic mass is 14.9. The van der Waals surface area contributed by atoms with Crippen LogP contribution in [0.15, 0.2) is 42.6 Å². The van der Waals surface area contributed by atoms with Gasteiger partial charge in [-0.2, -0.15) is 0 Å². The highest BCUT2D eigenvalue weighted by Gasteiger charge is 2.19. The molecule has 0 aliphatic heterocycles. The largest absolute Gasteiger partial charge is 0.205 e. The van der Waals surface area contributed by atoms with E-state index in [1.165, 1.54) is 22.4 Å². The lowest BCUT2D eigenvalue weighted by molar-refractivity contribution is -0.680. The molecule has 0 aliphatic rings. The van der Waals surface area contributed by atoms with Crippen molar-refractivity contribution in [3.63, 3.8) is 0 Å². The normalized spacial score (nSPS) is 11.3. The van der Waals surface area contributed by atoms with Crippen LogP contribution in [0.3, 0.4) is 0 Å². The van der Waals surface area contributed by atoms with Gasteiger partial charge >= 0.3 is 0 Å². The van der Waals surface area contributed by atoms with Gasteiger partial charge < -0.3 is 0 Å². The molecule has 0 N–H and O–H groups in total. The van der Waals surface area contributed by atoms with Crippen LogP contribution in [0.2, 0.25) is 0 Å². The van der Waals surface area contributed by atoms with Crippen LogP contribution in [0.1, 0.15) is 50.8 Å². The first-order valence-corrected chi connectivity index (χ1v) is 7.09. The molecule has 2 rings (SSSR count). The first kappa shape index (κ1) is 13.8. The Morgan fingerprint density at radius 2 is 1.53 bits per heavy atom. The predicted molar refractivity (Wildman–Crippen MR) is 81.2 cm³/mol. The van der Waals surface area contributed by atoms with Crippen molar-refractivity contribution in [1.82, 2.24) is 0 Å². The molecule has 0 fully saturated rings. The van der Waals surface area contributed by atoms with Crippen molar-refractivity contribution < 1.29 is 4.57 Å². The molecule has 1 aromatic carbocycles. The van der Waals surface area contributed by atoms with Crippen LogP contribution < -0.4 is 4.57 Å². The Hall–Kier alpha value is -1.63. The number of nitrogens with zero attached hydrogens (tertiary/aromatic N) is 1. The van der Waals surface area contributed by atoms with Crippen molar-refractivity contribution in [3.8, 4) is 11.1 Å². The summed E-state index contributed by atoms with van der Waals surface area (Å²) in [6.07, 6.45) is 2.29. The summed E-state index contributed by atoms with van der Waals surface area (Å²) >= 11 is 0. The van der Waals surface area contributed by atoms with E-state index in [1.54, 1.807) is 0 Å². The molecule has 0 atom stereocenters. The lowest BCUT2D eigenvalue weighted by Crippen LogP contribution is -2.35. The smallest absolute Gasteiger partial charge is 0.184 e. The molecule has 0 amide bonds. The van der Waals surface area contributed by atoms with E-state index in [0.717, 1.165) is 0 Å². The van der Waals surface area contributed by atoms with E-state index in [-0.39, 0.29) is 0 Å². The van der Waals surface area contributed by atoms with Crippen LogP contribution in [0.4, 0.5) is 0 Å². The van der Waals surface area contributed by atoms with Crippen LogP contribution in [0.25, 0.3) is 11.1 Å². The third-order valence-corrected chi connectivity index (χ3v) is 3.64. The summed E-state index contributed by atoms with van der Waals surface area (Å²) in [7, 11) is 2.15. The number of pyridine rings is 1. The van der Waals surface area contributed by atoms with Crippen LogP contribution in [0, 0.1) is 0 Å². The van der Waals surface area contributed by atoms with Crippen LogP contribution in [-0.2, 0) is 7.05 Å². The van der Waals surface area contributed by atoms with Gasteiger partial charge in [0.25, 0.3) is 0 Å². The molecule has 0 saturated heterocycles. The monoisotopic (exact) mass is 254 g/mol. The average Bonchev–Trinajstić information content (AvgIpc) is 2.38. The van der Waals surface area contributed by atoms with E-state index >= 15 is 0 Å². The summed E-state index contributed by atoms with van der Waals surface area (Å²) in [6.45, 7) is 9.02. The number of benzene rings is 1. The third-order valence-electron chi connectivity index (χ3n) is 3.64. The molecule has 0 aliphatic carbocycles. The summed E-state index contributed by atoms with van der Waals surface area (Å²) in [5, 5.41) is 0. The Morgan fingerprint density at radius 3 is 2.05 bits per heavy atom. The fourth-order valence-corrected chi connectivity index (χ4v) is 2.59. The first-order chi connectivity index (χ1) is 9.00. The molecule has 0 bridgehead atoms. The van der Waals surface area contributed by atoms with Gasteiger partial charge in [0, 0.05) is 17.5 Å². The first-order valence-electron chi connectivity index (χ1n) is 7.09. The summed E-state index contributed by atoms with van der Waals surface area (Å²) in [4.78, 5) is 0. The van der Waals surface area contributed by atoms with Gasteiger partial charge in [-0.25, -0.2) is 4.57 Å². The predicted octanol–water partition coefficient (Wildman–Crippen LogP) is 4.42. The maximum Gasteiger partial charge on any atom is 0.184 e. The third kappa shape index (κ3) is 2.86. The number of aromatic nitrogens is 1. The summed E-state index contributed by atoms with van der Waals surface area (Å²) in [6, 6.07) is 13.1. The fraction of sp³-hybridized carbons (Fsp3) is 0.389. The van der Waals surface area contributed by atoms with E-state index in [4.69, 9.17) is 0 Å². The van der Waals surface area contributed by atoms with E-state index in [9.17, 15) is 0 Å². The number of rotatable bonds is 3. The fourth-order valence-electron chi connectivity index (χ4n) is 2.59. The van der Waals surface area contributed by atoms with Gasteiger partial charge in [-0.05, 0) is 17.0 Å². The second kappa shape index (κ2) is 5.56. The summed E-state index contributed by atoms with van der Waals surface area (Å²) in [5.74, 6) is 1.07. The molecular weight excluding hydrogens is 230 g/mol. The zero-order valence-electron chi connectivity index (χ0n) is 12.6. The molecule has 1 heteroatoms. The minimum Gasteiger partial charge on any atom is -0.205 e. The Bertz CT molecular complexity index is 553. The van der Waals surface area contributed by atoms with Gasteiger partial charge in [-0.1, -0.05) is 58.0 Å². The van der Waals surface area contributed by atoms with Crippen molar-refractivity contribution in [2.45, 2.75) is 39.5 Å². The second-order valence-corrected chi connectivity index (χ2v) is 5.85. The van der Waals surface area contributed by atoms with Crippen molar-refractivity contribution in [3.05, 3.63) is 53.9 Å². The molecule has 0 radical (unpaired) electrons. The van der Waals surface area contributed by atoms with E-state index in [1.807, 2.05) is 0 Å². The van der Waals surface area contributed by atoms with Crippen LogP contribution in [-0.4, -0.2) is 0 Å². The van der Waals surface area contributed by atoms with E-state index < -0.39 is 0 Å². The highest BCUT2D eigenvalue weighted by Crippen LogP contribution is 2.29. The van der Waals surface area contributed by atoms with E-state index in [2.05, 4.69) is 81.9 Å². The number of aryl methyl sites for hydroxylation is 1. The second-order valence-electron chi connectivity index (χ2n) is 5.85. The molecule has 1 heterocycles. The SMILES string of the molecule is CC(C)c1c[n+](C)c(C(C)C)cc1-c1ccccc1.